The van der Waals surface area contributed by atoms with Gasteiger partial charge in [0.2, 0.25) is 11.9 Å². The molecule has 7 nitrogen and oxygen atoms in total. The zero-order valence-corrected chi connectivity index (χ0v) is 14.1. The number of hydrogen-bond donors (Lipinski definition) is 2. The van der Waals surface area contributed by atoms with E-state index in [4.69, 9.17) is 0 Å². The summed E-state index contributed by atoms with van der Waals surface area (Å²) in [7, 11) is 0. The van der Waals surface area contributed by atoms with E-state index in [-0.39, 0.29) is 11.5 Å². The summed E-state index contributed by atoms with van der Waals surface area (Å²) >= 11 is 0. The molecule has 0 atom stereocenters. The van der Waals surface area contributed by atoms with Gasteiger partial charge in [0.25, 0.3) is 5.56 Å². The van der Waals surface area contributed by atoms with Crippen LogP contribution >= 0.6 is 0 Å². The molecule has 3 rings (SSSR count). The van der Waals surface area contributed by atoms with Crippen molar-refractivity contribution in [1.82, 2.24) is 19.7 Å². The van der Waals surface area contributed by atoms with Crippen LogP contribution in [0.15, 0.2) is 16.9 Å². The predicted molar refractivity (Wildman–Crippen MR) is 91.3 cm³/mol. The molecule has 128 valence electrons. The lowest BCUT2D eigenvalue weighted by atomic mass is 10.0. The summed E-state index contributed by atoms with van der Waals surface area (Å²) in [6.45, 7) is 3.58. The van der Waals surface area contributed by atoms with Crippen molar-refractivity contribution in [3.63, 3.8) is 0 Å². The highest BCUT2D eigenvalue weighted by atomic mass is 16.1. The second kappa shape index (κ2) is 6.98. The average Bonchev–Trinajstić information content (AvgIpc) is 3.14. The van der Waals surface area contributed by atoms with Gasteiger partial charge in [-0.05, 0) is 26.2 Å². The summed E-state index contributed by atoms with van der Waals surface area (Å²) in [5.74, 6) is 1.48. The monoisotopic (exact) mass is 329 g/mol. The molecule has 2 aromatic rings. The SMILES string of the molecule is Cc1cc(=O)[nH]c(-n2nc(C)cc2NC(=O)CCC2CCCC2)n1. The number of rotatable bonds is 5. The third-order valence-electron chi connectivity index (χ3n) is 4.41. The van der Waals surface area contributed by atoms with Crippen LogP contribution in [0.25, 0.3) is 5.95 Å². The van der Waals surface area contributed by atoms with Crippen molar-refractivity contribution in [3.05, 3.63) is 33.9 Å². The molecule has 0 unspecified atom stereocenters. The van der Waals surface area contributed by atoms with Crippen molar-refractivity contribution >= 4 is 11.7 Å². The Kier molecular flexibility index (Phi) is 4.78. The van der Waals surface area contributed by atoms with Crippen LogP contribution in [0.2, 0.25) is 0 Å². The molecule has 0 aliphatic heterocycles. The van der Waals surface area contributed by atoms with Crippen molar-refractivity contribution in [2.75, 3.05) is 5.32 Å². The smallest absolute Gasteiger partial charge is 0.252 e. The van der Waals surface area contributed by atoms with E-state index in [1.54, 1.807) is 13.0 Å². The lowest BCUT2D eigenvalue weighted by molar-refractivity contribution is -0.116. The van der Waals surface area contributed by atoms with Gasteiger partial charge in [-0.25, -0.2) is 4.98 Å². The van der Waals surface area contributed by atoms with Crippen LogP contribution in [0.4, 0.5) is 5.82 Å². The van der Waals surface area contributed by atoms with Crippen LogP contribution in [0.1, 0.15) is 49.9 Å². The van der Waals surface area contributed by atoms with Gasteiger partial charge in [0, 0.05) is 24.2 Å². The van der Waals surface area contributed by atoms with Crippen LogP contribution in [-0.4, -0.2) is 25.7 Å². The van der Waals surface area contributed by atoms with Gasteiger partial charge in [0.15, 0.2) is 0 Å². The van der Waals surface area contributed by atoms with Gasteiger partial charge >= 0.3 is 0 Å². The Morgan fingerprint density at radius 2 is 2.04 bits per heavy atom. The standard InChI is InChI=1S/C17H23N5O2/c1-11-10-16(24)20-17(18-11)22-14(9-12(2)21-22)19-15(23)8-7-13-5-3-4-6-13/h9-10,13H,3-8H2,1-2H3,(H,19,23)(H,18,20,24). The van der Waals surface area contributed by atoms with Crippen LogP contribution in [0, 0.1) is 19.8 Å². The number of nitrogens with one attached hydrogen (secondary N) is 2. The molecule has 1 aliphatic rings. The Morgan fingerprint density at radius 1 is 1.29 bits per heavy atom. The molecule has 1 saturated carbocycles. The first-order valence-electron chi connectivity index (χ1n) is 8.46. The first-order valence-corrected chi connectivity index (χ1v) is 8.46. The van der Waals surface area contributed by atoms with E-state index in [2.05, 4.69) is 20.4 Å². The second-order valence-electron chi connectivity index (χ2n) is 6.53. The lowest BCUT2D eigenvalue weighted by Gasteiger charge is -2.10. The quantitative estimate of drug-likeness (QED) is 0.881. The van der Waals surface area contributed by atoms with Crippen LogP contribution in [-0.2, 0) is 4.79 Å². The van der Waals surface area contributed by atoms with Gasteiger partial charge in [-0.2, -0.15) is 9.78 Å². The number of aromatic amines is 1. The van der Waals surface area contributed by atoms with Crippen molar-refractivity contribution in [2.45, 2.75) is 52.4 Å². The van der Waals surface area contributed by atoms with Gasteiger partial charge < -0.3 is 5.32 Å². The molecule has 0 aromatic carbocycles. The number of aryl methyl sites for hydroxylation is 2. The predicted octanol–water partition coefficient (Wildman–Crippen LogP) is 2.48. The minimum Gasteiger partial charge on any atom is -0.310 e. The lowest BCUT2D eigenvalue weighted by Crippen LogP contribution is -2.19. The van der Waals surface area contributed by atoms with Crippen molar-refractivity contribution in [3.8, 4) is 5.95 Å². The zero-order valence-electron chi connectivity index (χ0n) is 14.1. The molecule has 0 bridgehead atoms. The third kappa shape index (κ3) is 3.90. The first-order chi connectivity index (χ1) is 11.5. The fourth-order valence-corrected chi connectivity index (χ4v) is 3.25. The molecule has 1 amide bonds. The molecule has 24 heavy (non-hydrogen) atoms. The van der Waals surface area contributed by atoms with E-state index < -0.39 is 0 Å². The van der Waals surface area contributed by atoms with Gasteiger partial charge in [-0.3, -0.25) is 14.6 Å². The largest absolute Gasteiger partial charge is 0.310 e. The highest BCUT2D eigenvalue weighted by Gasteiger charge is 2.17. The Hall–Kier alpha value is -2.44. The highest BCUT2D eigenvalue weighted by molar-refractivity contribution is 5.90. The summed E-state index contributed by atoms with van der Waals surface area (Å²) in [6, 6.07) is 3.19. The number of aromatic nitrogens is 4. The molecule has 1 fully saturated rings. The number of nitrogens with zero attached hydrogens (tertiary/aromatic N) is 3. The molecule has 1 aliphatic carbocycles. The maximum Gasteiger partial charge on any atom is 0.252 e. The first kappa shape index (κ1) is 16.4. The maximum atomic E-state index is 12.3. The zero-order chi connectivity index (χ0) is 17.1. The number of amides is 1. The summed E-state index contributed by atoms with van der Waals surface area (Å²) in [6.07, 6.45) is 6.47. The molecule has 2 heterocycles. The Morgan fingerprint density at radius 3 is 2.75 bits per heavy atom. The summed E-state index contributed by atoms with van der Waals surface area (Å²) in [5, 5.41) is 7.22. The van der Waals surface area contributed by atoms with E-state index >= 15 is 0 Å². The number of hydrogen-bond acceptors (Lipinski definition) is 4. The second-order valence-corrected chi connectivity index (χ2v) is 6.53. The minimum atomic E-state index is -0.246. The van der Waals surface area contributed by atoms with Crippen molar-refractivity contribution in [1.29, 1.82) is 0 Å². The van der Waals surface area contributed by atoms with Gasteiger partial charge in [0.1, 0.15) is 5.82 Å². The number of anilines is 1. The fraction of sp³-hybridized carbons (Fsp3) is 0.529. The Labute approximate surface area is 140 Å². The Balaban J connectivity index is 1.73. The van der Waals surface area contributed by atoms with Crippen molar-refractivity contribution < 1.29 is 4.79 Å². The van der Waals surface area contributed by atoms with E-state index in [9.17, 15) is 9.59 Å². The number of carbonyl (C=O) groups is 1. The van der Waals surface area contributed by atoms with E-state index in [1.807, 2.05) is 6.92 Å². The fourth-order valence-electron chi connectivity index (χ4n) is 3.25. The van der Waals surface area contributed by atoms with Gasteiger partial charge in [0.05, 0.1) is 5.69 Å². The molecule has 0 saturated heterocycles. The van der Waals surface area contributed by atoms with E-state index in [0.29, 0.717) is 29.8 Å². The molecule has 0 spiro atoms. The molecule has 0 radical (unpaired) electrons. The molecular weight excluding hydrogens is 306 g/mol. The minimum absolute atomic E-state index is 0.0296. The maximum absolute atomic E-state index is 12.3. The van der Waals surface area contributed by atoms with Gasteiger partial charge in [-0.15, -0.1) is 0 Å². The van der Waals surface area contributed by atoms with E-state index in [0.717, 1.165) is 12.1 Å². The molecule has 2 N–H and O–H groups in total. The van der Waals surface area contributed by atoms with Crippen LogP contribution in [0.3, 0.4) is 0 Å². The third-order valence-corrected chi connectivity index (χ3v) is 4.41. The van der Waals surface area contributed by atoms with Crippen molar-refractivity contribution in [2.24, 2.45) is 5.92 Å². The molecule has 2 aromatic heterocycles. The van der Waals surface area contributed by atoms with Crippen LogP contribution in [0.5, 0.6) is 0 Å². The topological polar surface area (TPSA) is 92.7 Å². The van der Waals surface area contributed by atoms with E-state index in [1.165, 1.54) is 36.4 Å². The van der Waals surface area contributed by atoms with Crippen LogP contribution < -0.4 is 10.9 Å². The normalized spacial score (nSPS) is 14.9. The highest BCUT2D eigenvalue weighted by Crippen LogP contribution is 2.28. The molecular formula is C17H23N5O2. The Bertz CT molecular complexity index is 787. The number of carbonyl (C=O) groups excluding carboxylic acids is 1. The summed E-state index contributed by atoms with van der Waals surface area (Å²) in [4.78, 5) is 30.8. The number of H-pyrrole nitrogens is 1. The summed E-state index contributed by atoms with van der Waals surface area (Å²) < 4.78 is 1.47. The van der Waals surface area contributed by atoms with Gasteiger partial charge in [-0.1, -0.05) is 25.7 Å². The summed E-state index contributed by atoms with van der Waals surface area (Å²) in [5.41, 5.74) is 1.09. The average molecular weight is 329 g/mol. The molecule has 7 heteroatoms.